The first-order valence-electron chi connectivity index (χ1n) is 7.15. The molecule has 3 unspecified atom stereocenters. The summed E-state index contributed by atoms with van der Waals surface area (Å²) in [5, 5.41) is 0. The number of methoxy groups -OCH3 is 1. The molecule has 1 aromatic carbocycles. The largest absolute Gasteiger partial charge is 0.497 e. The van der Waals surface area contributed by atoms with Crippen LogP contribution in [0, 0.1) is 11.8 Å². The molecule has 1 aliphatic carbocycles. The van der Waals surface area contributed by atoms with E-state index in [1.165, 1.54) is 37.7 Å². The van der Waals surface area contributed by atoms with Gasteiger partial charge in [0, 0.05) is 6.04 Å². The standard InChI is InChI=1S/C16H25NO/c1-3-12-6-4-5-7-15(12)16(17)13-8-10-14(18-2)11-9-13/h8-12,15-16H,3-7,17H2,1-2H3. The van der Waals surface area contributed by atoms with Crippen molar-refractivity contribution in [2.75, 3.05) is 7.11 Å². The molecule has 2 rings (SSSR count). The first-order valence-corrected chi connectivity index (χ1v) is 7.15. The molecule has 2 N–H and O–H groups in total. The zero-order valence-corrected chi connectivity index (χ0v) is 11.6. The Kier molecular flexibility index (Phi) is 4.65. The van der Waals surface area contributed by atoms with Crippen LogP contribution in [-0.2, 0) is 0 Å². The molecule has 0 aliphatic heterocycles. The van der Waals surface area contributed by atoms with Gasteiger partial charge in [-0.3, -0.25) is 0 Å². The number of rotatable bonds is 4. The average Bonchev–Trinajstić information content (AvgIpc) is 2.46. The minimum Gasteiger partial charge on any atom is -0.497 e. The van der Waals surface area contributed by atoms with E-state index in [2.05, 4.69) is 19.1 Å². The van der Waals surface area contributed by atoms with E-state index in [4.69, 9.17) is 10.5 Å². The van der Waals surface area contributed by atoms with Gasteiger partial charge in [0.05, 0.1) is 7.11 Å². The maximum absolute atomic E-state index is 6.49. The fraction of sp³-hybridized carbons (Fsp3) is 0.625. The third-order valence-corrected chi connectivity index (χ3v) is 4.45. The number of benzene rings is 1. The van der Waals surface area contributed by atoms with Crippen molar-refractivity contribution in [1.29, 1.82) is 0 Å². The van der Waals surface area contributed by atoms with E-state index in [-0.39, 0.29) is 6.04 Å². The minimum atomic E-state index is 0.182. The average molecular weight is 247 g/mol. The molecule has 2 nitrogen and oxygen atoms in total. The van der Waals surface area contributed by atoms with Gasteiger partial charge in [-0.25, -0.2) is 0 Å². The van der Waals surface area contributed by atoms with Gasteiger partial charge in [-0.2, -0.15) is 0 Å². The predicted molar refractivity (Wildman–Crippen MR) is 75.7 cm³/mol. The Labute approximate surface area is 111 Å². The first kappa shape index (κ1) is 13.4. The van der Waals surface area contributed by atoms with Gasteiger partial charge in [0.15, 0.2) is 0 Å². The van der Waals surface area contributed by atoms with Crippen LogP contribution in [0.15, 0.2) is 24.3 Å². The monoisotopic (exact) mass is 247 g/mol. The van der Waals surface area contributed by atoms with Gasteiger partial charge < -0.3 is 10.5 Å². The Hall–Kier alpha value is -1.02. The molecule has 18 heavy (non-hydrogen) atoms. The molecule has 1 aliphatic rings. The smallest absolute Gasteiger partial charge is 0.118 e. The minimum absolute atomic E-state index is 0.182. The van der Waals surface area contributed by atoms with Crippen LogP contribution in [0.2, 0.25) is 0 Å². The van der Waals surface area contributed by atoms with Gasteiger partial charge in [0.1, 0.15) is 5.75 Å². The van der Waals surface area contributed by atoms with Crippen LogP contribution in [0.25, 0.3) is 0 Å². The van der Waals surface area contributed by atoms with Crippen molar-refractivity contribution in [3.8, 4) is 5.75 Å². The van der Waals surface area contributed by atoms with Gasteiger partial charge in [-0.1, -0.05) is 44.7 Å². The van der Waals surface area contributed by atoms with Crippen LogP contribution < -0.4 is 10.5 Å². The molecule has 3 atom stereocenters. The molecule has 2 heteroatoms. The SMILES string of the molecule is CCC1CCCCC1C(N)c1ccc(OC)cc1. The Morgan fingerprint density at radius 3 is 2.50 bits per heavy atom. The summed E-state index contributed by atoms with van der Waals surface area (Å²) in [5.74, 6) is 2.36. The maximum atomic E-state index is 6.49. The Bertz CT molecular complexity index is 360. The molecule has 0 radical (unpaired) electrons. The molecule has 1 aromatic rings. The number of ether oxygens (including phenoxy) is 1. The fourth-order valence-electron chi connectivity index (χ4n) is 3.29. The zero-order valence-electron chi connectivity index (χ0n) is 11.6. The highest BCUT2D eigenvalue weighted by molar-refractivity contribution is 5.29. The summed E-state index contributed by atoms with van der Waals surface area (Å²) in [6.45, 7) is 2.30. The maximum Gasteiger partial charge on any atom is 0.118 e. The second kappa shape index (κ2) is 6.24. The normalized spacial score (nSPS) is 25.7. The lowest BCUT2D eigenvalue weighted by atomic mass is 9.73. The fourth-order valence-corrected chi connectivity index (χ4v) is 3.29. The van der Waals surface area contributed by atoms with E-state index in [0.717, 1.165) is 11.7 Å². The Balaban J connectivity index is 2.10. The van der Waals surface area contributed by atoms with Crippen LogP contribution in [0.1, 0.15) is 50.6 Å². The van der Waals surface area contributed by atoms with Gasteiger partial charge in [0.25, 0.3) is 0 Å². The van der Waals surface area contributed by atoms with Crippen LogP contribution in [-0.4, -0.2) is 7.11 Å². The van der Waals surface area contributed by atoms with E-state index in [1.54, 1.807) is 7.11 Å². The molecule has 0 aromatic heterocycles. The summed E-state index contributed by atoms with van der Waals surface area (Å²) in [5.41, 5.74) is 7.74. The van der Waals surface area contributed by atoms with Crippen molar-refractivity contribution in [2.45, 2.75) is 45.1 Å². The number of nitrogens with two attached hydrogens (primary N) is 1. The van der Waals surface area contributed by atoms with Gasteiger partial charge in [-0.15, -0.1) is 0 Å². The Morgan fingerprint density at radius 1 is 1.22 bits per heavy atom. The highest BCUT2D eigenvalue weighted by Gasteiger charge is 2.29. The predicted octanol–water partition coefficient (Wildman–Crippen LogP) is 3.91. The highest BCUT2D eigenvalue weighted by atomic mass is 16.5. The lowest BCUT2D eigenvalue weighted by Crippen LogP contribution is -2.30. The molecule has 1 saturated carbocycles. The van der Waals surface area contributed by atoms with Crippen molar-refractivity contribution in [3.05, 3.63) is 29.8 Å². The van der Waals surface area contributed by atoms with Crippen LogP contribution in [0.4, 0.5) is 0 Å². The van der Waals surface area contributed by atoms with Crippen molar-refractivity contribution >= 4 is 0 Å². The summed E-state index contributed by atoms with van der Waals surface area (Å²) in [6, 6.07) is 8.44. The first-order chi connectivity index (χ1) is 8.76. The summed E-state index contributed by atoms with van der Waals surface area (Å²) >= 11 is 0. The second-order valence-corrected chi connectivity index (χ2v) is 5.42. The number of hydrogen-bond acceptors (Lipinski definition) is 2. The van der Waals surface area contributed by atoms with Crippen LogP contribution in [0.3, 0.4) is 0 Å². The van der Waals surface area contributed by atoms with E-state index < -0.39 is 0 Å². The molecule has 100 valence electrons. The van der Waals surface area contributed by atoms with E-state index in [0.29, 0.717) is 5.92 Å². The summed E-state index contributed by atoms with van der Waals surface area (Å²) in [4.78, 5) is 0. The van der Waals surface area contributed by atoms with Crippen LogP contribution >= 0.6 is 0 Å². The molecule has 0 heterocycles. The quantitative estimate of drug-likeness (QED) is 0.875. The molecule has 1 fully saturated rings. The molecule has 0 spiro atoms. The van der Waals surface area contributed by atoms with Gasteiger partial charge >= 0.3 is 0 Å². The number of hydrogen-bond donors (Lipinski definition) is 1. The summed E-state index contributed by atoms with van der Waals surface area (Å²) in [7, 11) is 1.70. The van der Waals surface area contributed by atoms with E-state index in [9.17, 15) is 0 Å². The summed E-state index contributed by atoms with van der Waals surface area (Å²) < 4.78 is 5.20. The molecule has 0 amide bonds. The van der Waals surface area contributed by atoms with Crippen molar-refractivity contribution in [1.82, 2.24) is 0 Å². The molecular weight excluding hydrogens is 222 g/mol. The lowest BCUT2D eigenvalue weighted by Gasteiger charge is -2.35. The second-order valence-electron chi connectivity index (χ2n) is 5.42. The lowest BCUT2D eigenvalue weighted by molar-refractivity contribution is 0.196. The van der Waals surface area contributed by atoms with Crippen molar-refractivity contribution < 1.29 is 4.74 Å². The third kappa shape index (κ3) is 2.86. The van der Waals surface area contributed by atoms with Gasteiger partial charge in [-0.05, 0) is 36.0 Å². The van der Waals surface area contributed by atoms with Crippen molar-refractivity contribution in [2.24, 2.45) is 17.6 Å². The summed E-state index contributed by atoms with van der Waals surface area (Å²) in [6.07, 6.45) is 6.61. The van der Waals surface area contributed by atoms with Gasteiger partial charge in [0.2, 0.25) is 0 Å². The third-order valence-electron chi connectivity index (χ3n) is 4.45. The Morgan fingerprint density at radius 2 is 1.89 bits per heavy atom. The zero-order chi connectivity index (χ0) is 13.0. The topological polar surface area (TPSA) is 35.2 Å². The molecule has 0 bridgehead atoms. The van der Waals surface area contributed by atoms with Crippen LogP contribution in [0.5, 0.6) is 5.75 Å². The molecule has 0 saturated heterocycles. The van der Waals surface area contributed by atoms with E-state index in [1.807, 2.05) is 12.1 Å². The highest BCUT2D eigenvalue weighted by Crippen LogP contribution is 2.39. The molecular formula is C16H25NO. The van der Waals surface area contributed by atoms with E-state index >= 15 is 0 Å². The van der Waals surface area contributed by atoms with Crippen molar-refractivity contribution in [3.63, 3.8) is 0 Å².